The van der Waals surface area contributed by atoms with E-state index in [0.29, 0.717) is 0 Å². The summed E-state index contributed by atoms with van der Waals surface area (Å²) in [6.07, 6.45) is 3.15. The molecule has 2 nitrogen and oxygen atoms in total. The molecule has 0 N–H and O–H groups in total. The zero-order valence-corrected chi connectivity index (χ0v) is 11.2. The number of hydrogen-bond acceptors (Lipinski definition) is 1. The molecular weight excluding hydrogens is 229 g/mol. The molecule has 18 heavy (non-hydrogen) atoms. The SMILES string of the molecule is Cc1ccc(F)c(C(=O)N2C(C)CCCC2C)c1. The van der Waals surface area contributed by atoms with E-state index in [1.807, 2.05) is 25.7 Å². The molecule has 2 atom stereocenters. The van der Waals surface area contributed by atoms with Crippen molar-refractivity contribution < 1.29 is 9.18 Å². The molecule has 1 amide bonds. The van der Waals surface area contributed by atoms with E-state index in [1.165, 1.54) is 6.07 Å². The number of benzene rings is 1. The molecule has 0 radical (unpaired) electrons. The Hall–Kier alpha value is -1.38. The smallest absolute Gasteiger partial charge is 0.257 e. The fourth-order valence-corrected chi connectivity index (χ4v) is 2.76. The van der Waals surface area contributed by atoms with Crippen LogP contribution in [0.3, 0.4) is 0 Å². The second-order valence-corrected chi connectivity index (χ2v) is 5.32. The van der Waals surface area contributed by atoms with Crippen molar-refractivity contribution in [3.05, 3.63) is 35.1 Å². The lowest BCUT2D eigenvalue weighted by atomic mass is 9.96. The van der Waals surface area contributed by atoms with Gasteiger partial charge in [-0.15, -0.1) is 0 Å². The Balaban J connectivity index is 2.32. The maximum Gasteiger partial charge on any atom is 0.257 e. The minimum atomic E-state index is -0.421. The molecule has 98 valence electrons. The molecule has 1 aromatic rings. The zero-order chi connectivity index (χ0) is 13.3. The van der Waals surface area contributed by atoms with Gasteiger partial charge in [0.25, 0.3) is 5.91 Å². The summed E-state index contributed by atoms with van der Waals surface area (Å²) in [5.41, 5.74) is 1.12. The Bertz CT molecular complexity index is 448. The zero-order valence-electron chi connectivity index (χ0n) is 11.2. The molecule has 2 rings (SSSR count). The van der Waals surface area contributed by atoms with Gasteiger partial charge in [-0.3, -0.25) is 4.79 Å². The van der Waals surface area contributed by atoms with Crippen LogP contribution in [0, 0.1) is 12.7 Å². The van der Waals surface area contributed by atoms with Crippen molar-refractivity contribution in [3.63, 3.8) is 0 Å². The maximum absolute atomic E-state index is 13.8. The molecule has 2 unspecified atom stereocenters. The van der Waals surface area contributed by atoms with Crippen LogP contribution in [0.4, 0.5) is 4.39 Å². The van der Waals surface area contributed by atoms with E-state index < -0.39 is 5.82 Å². The molecule has 0 aromatic heterocycles. The summed E-state index contributed by atoms with van der Waals surface area (Å²) < 4.78 is 13.8. The molecule has 1 heterocycles. The molecule has 1 saturated heterocycles. The van der Waals surface area contributed by atoms with Gasteiger partial charge in [0.15, 0.2) is 0 Å². The first-order valence-corrected chi connectivity index (χ1v) is 6.59. The molecule has 1 fully saturated rings. The van der Waals surface area contributed by atoms with Crippen LogP contribution < -0.4 is 0 Å². The number of aryl methyl sites for hydroxylation is 1. The molecule has 0 saturated carbocycles. The van der Waals surface area contributed by atoms with E-state index in [4.69, 9.17) is 0 Å². The summed E-state index contributed by atoms with van der Waals surface area (Å²) in [6.45, 7) is 5.96. The van der Waals surface area contributed by atoms with Crippen LogP contribution in [0.5, 0.6) is 0 Å². The number of amides is 1. The third-order valence-corrected chi connectivity index (χ3v) is 3.78. The maximum atomic E-state index is 13.8. The highest BCUT2D eigenvalue weighted by molar-refractivity contribution is 5.95. The van der Waals surface area contributed by atoms with Crippen molar-refractivity contribution in [1.82, 2.24) is 4.90 Å². The Kier molecular flexibility index (Phi) is 3.69. The number of nitrogens with zero attached hydrogens (tertiary/aromatic N) is 1. The molecule has 0 aliphatic carbocycles. The summed E-state index contributed by atoms with van der Waals surface area (Å²) in [5.74, 6) is -0.591. The lowest BCUT2D eigenvalue weighted by Gasteiger charge is -2.39. The van der Waals surface area contributed by atoms with E-state index in [2.05, 4.69) is 0 Å². The minimum Gasteiger partial charge on any atom is -0.333 e. The van der Waals surface area contributed by atoms with Crippen LogP contribution in [-0.2, 0) is 0 Å². The van der Waals surface area contributed by atoms with Crippen molar-refractivity contribution in [2.45, 2.75) is 52.1 Å². The topological polar surface area (TPSA) is 20.3 Å². The first-order chi connectivity index (χ1) is 8.50. The molecule has 3 heteroatoms. The summed E-state index contributed by atoms with van der Waals surface area (Å²) in [7, 11) is 0. The van der Waals surface area contributed by atoms with Gasteiger partial charge in [0.2, 0.25) is 0 Å². The van der Waals surface area contributed by atoms with E-state index in [9.17, 15) is 9.18 Å². The van der Waals surface area contributed by atoms with Gasteiger partial charge in [-0.05, 0) is 52.2 Å². The third kappa shape index (κ3) is 2.40. The average molecular weight is 249 g/mol. The van der Waals surface area contributed by atoms with Gasteiger partial charge < -0.3 is 4.90 Å². The van der Waals surface area contributed by atoms with Gasteiger partial charge in [0.05, 0.1) is 5.56 Å². The molecule has 0 spiro atoms. The second-order valence-electron chi connectivity index (χ2n) is 5.32. The Labute approximate surface area is 108 Å². The normalized spacial score (nSPS) is 24.1. The van der Waals surface area contributed by atoms with Gasteiger partial charge in [0.1, 0.15) is 5.82 Å². The number of likely N-dealkylation sites (tertiary alicyclic amines) is 1. The first-order valence-electron chi connectivity index (χ1n) is 6.59. The number of rotatable bonds is 1. The van der Waals surface area contributed by atoms with E-state index in [0.717, 1.165) is 24.8 Å². The number of carbonyl (C=O) groups excluding carboxylic acids is 1. The van der Waals surface area contributed by atoms with Gasteiger partial charge in [-0.1, -0.05) is 11.6 Å². The van der Waals surface area contributed by atoms with Gasteiger partial charge in [-0.2, -0.15) is 0 Å². The Morgan fingerprint density at radius 1 is 1.28 bits per heavy atom. The molecule has 1 aliphatic heterocycles. The fourth-order valence-electron chi connectivity index (χ4n) is 2.76. The Morgan fingerprint density at radius 3 is 2.50 bits per heavy atom. The summed E-state index contributed by atoms with van der Waals surface area (Å²) in [5, 5.41) is 0. The molecule has 0 bridgehead atoms. The third-order valence-electron chi connectivity index (χ3n) is 3.78. The van der Waals surface area contributed by atoms with Gasteiger partial charge in [0, 0.05) is 12.1 Å². The predicted octanol–water partition coefficient (Wildman–Crippen LogP) is 3.54. The monoisotopic (exact) mass is 249 g/mol. The van der Waals surface area contributed by atoms with E-state index in [1.54, 1.807) is 12.1 Å². The van der Waals surface area contributed by atoms with Crippen LogP contribution >= 0.6 is 0 Å². The largest absolute Gasteiger partial charge is 0.333 e. The first kappa shape index (κ1) is 13.1. The molecule has 1 aliphatic rings. The van der Waals surface area contributed by atoms with Crippen LogP contribution in [0.15, 0.2) is 18.2 Å². The number of halogens is 1. The van der Waals surface area contributed by atoms with E-state index in [-0.39, 0.29) is 23.6 Å². The number of hydrogen-bond donors (Lipinski definition) is 0. The minimum absolute atomic E-state index is 0.170. The summed E-state index contributed by atoms with van der Waals surface area (Å²) >= 11 is 0. The van der Waals surface area contributed by atoms with Crippen molar-refractivity contribution >= 4 is 5.91 Å². The summed E-state index contributed by atoms with van der Waals surface area (Å²) in [6, 6.07) is 5.10. The van der Waals surface area contributed by atoms with Crippen molar-refractivity contribution in [2.24, 2.45) is 0 Å². The van der Waals surface area contributed by atoms with Crippen LogP contribution in [-0.4, -0.2) is 22.9 Å². The lowest BCUT2D eigenvalue weighted by molar-refractivity contribution is 0.0506. The number of carbonyl (C=O) groups is 1. The van der Waals surface area contributed by atoms with Gasteiger partial charge in [-0.25, -0.2) is 4.39 Å². The molecular formula is C15H20FNO. The quantitative estimate of drug-likeness (QED) is 0.745. The standard InChI is InChI=1S/C15H20FNO/c1-10-7-8-14(16)13(9-10)15(18)17-11(2)5-4-6-12(17)3/h7-9,11-12H,4-6H2,1-3H3. The van der Waals surface area contributed by atoms with Crippen LogP contribution in [0.25, 0.3) is 0 Å². The van der Waals surface area contributed by atoms with Crippen molar-refractivity contribution in [2.75, 3.05) is 0 Å². The molecule has 1 aromatic carbocycles. The second kappa shape index (κ2) is 5.09. The van der Waals surface area contributed by atoms with Gasteiger partial charge >= 0.3 is 0 Å². The fraction of sp³-hybridized carbons (Fsp3) is 0.533. The van der Waals surface area contributed by atoms with Crippen LogP contribution in [0.2, 0.25) is 0 Å². The van der Waals surface area contributed by atoms with Crippen LogP contribution in [0.1, 0.15) is 49.0 Å². The van der Waals surface area contributed by atoms with Crippen molar-refractivity contribution in [1.29, 1.82) is 0 Å². The Morgan fingerprint density at radius 2 is 1.89 bits per heavy atom. The highest BCUT2D eigenvalue weighted by Crippen LogP contribution is 2.25. The summed E-state index contributed by atoms with van der Waals surface area (Å²) in [4.78, 5) is 14.3. The highest BCUT2D eigenvalue weighted by atomic mass is 19.1. The predicted molar refractivity (Wildman–Crippen MR) is 70.1 cm³/mol. The average Bonchev–Trinajstić information content (AvgIpc) is 2.32. The van der Waals surface area contributed by atoms with Crippen molar-refractivity contribution in [3.8, 4) is 0 Å². The lowest BCUT2D eigenvalue weighted by Crippen LogP contribution is -2.47. The highest BCUT2D eigenvalue weighted by Gasteiger charge is 2.30. The van der Waals surface area contributed by atoms with E-state index >= 15 is 0 Å². The number of piperidine rings is 1.